The molecule has 49 heavy (non-hydrogen) atoms. The Morgan fingerprint density at radius 1 is 0.347 bits per heavy atom. The van der Waals surface area contributed by atoms with Gasteiger partial charge < -0.3 is 14.7 Å². The first-order chi connectivity index (χ1) is 24.3. The van der Waals surface area contributed by atoms with Crippen LogP contribution in [0.3, 0.4) is 0 Å². The van der Waals surface area contributed by atoms with Crippen LogP contribution in [0.25, 0.3) is 0 Å². The van der Waals surface area contributed by atoms with Gasteiger partial charge in [-0.1, -0.05) is 213 Å². The number of nitrogens with zero attached hydrogens (tertiary/aromatic N) is 1. The van der Waals surface area contributed by atoms with Crippen molar-refractivity contribution < 1.29 is 9.84 Å². The normalized spacial score (nSPS) is 11.9. The van der Waals surface area contributed by atoms with Gasteiger partial charge in [-0.2, -0.15) is 0 Å². The molecule has 0 aromatic carbocycles. The Bertz CT molecular complexity index is 553. The van der Waals surface area contributed by atoms with E-state index < -0.39 is 0 Å². The van der Waals surface area contributed by atoms with Crippen molar-refractivity contribution in [2.24, 2.45) is 0 Å². The lowest BCUT2D eigenvalue weighted by molar-refractivity contribution is 0.0357. The summed E-state index contributed by atoms with van der Waals surface area (Å²) in [5.41, 5.74) is 0. The molecule has 0 aromatic rings. The van der Waals surface area contributed by atoms with Crippen LogP contribution in [0.5, 0.6) is 0 Å². The summed E-state index contributed by atoms with van der Waals surface area (Å²) in [6.45, 7) is 12.0. The first kappa shape index (κ1) is 48.9. The number of rotatable bonds is 44. The van der Waals surface area contributed by atoms with Gasteiger partial charge in [0.25, 0.3) is 0 Å². The van der Waals surface area contributed by atoms with Crippen molar-refractivity contribution in [3.63, 3.8) is 0 Å². The Kier molecular flexibility index (Phi) is 43.9. The van der Waals surface area contributed by atoms with Gasteiger partial charge in [0.1, 0.15) is 0 Å². The molecule has 0 aliphatic rings. The quantitative estimate of drug-likeness (QED) is 0.0645. The lowest BCUT2D eigenvalue weighted by Gasteiger charge is -2.22. The van der Waals surface area contributed by atoms with Gasteiger partial charge in [0.15, 0.2) is 0 Å². The second-order valence-electron chi connectivity index (χ2n) is 15.9. The summed E-state index contributed by atoms with van der Waals surface area (Å²) in [6, 6.07) is 0. The van der Waals surface area contributed by atoms with E-state index in [0.29, 0.717) is 12.7 Å². The van der Waals surface area contributed by atoms with Crippen molar-refractivity contribution in [3.05, 3.63) is 0 Å². The molecule has 0 saturated heterocycles. The fraction of sp³-hybridized carbons (Fsp3) is 1.00. The molecule has 0 aliphatic heterocycles. The summed E-state index contributed by atoms with van der Waals surface area (Å²) in [7, 11) is 0. The van der Waals surface area contributed by atoms with Crippen LogP contribution in [0.4, 0.5) is 0 Å². The zero-order chi connectivity index (χ0) is 35.6. The predicted molar refractivity (Wildman–Crippen MR) is 221 cm³/mol. The van der Waals surface area contributed by atoms with E-state index >= 15 is 0 Å². The molecule has 0 bridgehead atoms. The summed E-state index contributed by atoms with van der Waals surface area (Å²) in [4.78, 5) is 2.71. The second kappa shape index (κ2) is 44.0. The predicted octanol–water partition coefficient (Wildman–Crippen LogP) is 15.2. The van der Waals surface area contributed by atoms with Crippen LogP contribution in [0.1, 0.15) is 258 Å². The summed E-state index contributed by atoms with van der Waals surface area (Å²) >= 11 is 0. The van der Waals surface area contributed by atoms with E-state index in [-0.39, 0.29) is 0 Å². The van der Waals surface area contributed by atoms with Crippen molar-refractivity contribution in [2.45, 2.75) is 264 Å². The highest BCUT2D eigenvalue weighted by Crippen LogP contribution is 2.18. The van der Waals surface area contributed by atoms with Crippen LogP contribution in [0.15, 0.2) is 0 Å². The highest BCUT2D eigenvalue weighted by Gasteiger charge is 2.09. The fourth-order valence-corrected chi connectivity index (χ4v) is 7.50. The molecular weight excluding hydrogens is 599 g/mol. The summed E-state index contributed by atoms with van der Waals surface area (Å²) < 4.78 is 6.48. The maximum absolute atomic E-state index is 9.27. The zero-order valence-electron chi connectivity index (χ0n) is 34.6. The number of ether oxygens (including phenoxy) is 1. The molecule has 0 spiro atoms. The van der Waals surface area contributed by atoms with E-state index in [2.05, 4.69) is 25.7 Å². The molecule has 296 valence electrons. The molecule has 0 amide bonds. The molecule has 0 saturated carbocycles. The topological polar surface area (TPSA) is 32.7 Å². The van der Waals surface area contributed by atoms with Gasteiger partial charge >= 0.3 is 0 Å². The third-order valence-electron chi connectivity index (χ3n) is 10.9. The average molecular weight is 694 g/mol. The first-order valence-electron chi connectivity index (χ1n) is 23.2. The van der Waals surface area contributed by atoms with Crippen LogP contribution in [0, 0.1) is 0 Å². The average Bonchev–Trinajstić information content (AvgIpc) is 3.11. The molecule has 0 aliphatic carbocycles. The highest BCUT2D eigenvalue weighted by atomic mass is 16.5. The lowest BCUT2D eigenvalue weighted by atomic mass is 10.0. The van der Waals surface area contributed by atoms with Crippen LogP contribution in [-0.2, 0) is 4.74 Å². The minimum Gasteiger partial charge on any atom is -0.396 e. The summed E-state index contributed by atoms with van der Waals surface area (Å²) in [5, 5.41) is 9.27. The minimum absolute atomic E-state index is 0.344. The number of hydrogen-bond acceptors (Lipinski definition) is 3. The van der Waals surface area contributed by atoms with Gasteiger partial charge in [0, 0.05) is 13.2 Å². The van der Waals surface area contributed by atoms with E-state index in [0.717, 1.165) is 19.4 Å². The maximum atomic E-state index is 9.27. The van der Waals surface area contributed by atoms with Gasteiger partial charge in [-0.25, -0.2) is 0 Å². The van der Waals surface area contributed by atoms with Crippen LogP contribution < -0.4 is 0 Å². The number of unbranched alkanes of at least 4 members (excludes halogenated alkanes) is 30. The lowest BCUT2D eigenvalue weighted by Crippen LogP contribution is -2.27. The van der Waals surface area contributed by atoms with Crippen molar-refractivity contribution in [1.29, 1.82) is 0 Å². The van der Waals surface area contributed by atoms with E-state index in [1.165, 1.54) is 244 Å². The summed E-state index contributed by atoms with van der Waals surface area (Å²) in [6.07, 6.45) is 51.4. The fourth-order valence-electron chi connectivity index (χ4n) is 7.50. The van der Waals surface area contributed by atoms with Crippen molar-refractivity contribution in [1.82, 2.24) is 4.90 Å². The highest BCUT2D eigenvalue weighted by molar-refractivity contribution is 4.62. The maximum Gasteiger partial charge on any atom is 0.0575 e. The molecule has 0 atom stereocenters. The van der Waals surface area contributed by atoms with Gasteiger partial charge in [-0.3, -0.25) is 0 Å². The van der Waals surface area contributed by atoms with E-state index in [1.807, 2.05) is 0 Å². The Hall–Kier alpha value is -0.120. The van der Waals surface area contributed by atoms with Gasteiger partial charge in [-0.15, -0.1) is 0 Å². The summed E-state index contributed by atoms with van der Waals surface area (Å²) in [5.74, 6) is 0. The van der Waals surface area contributed by atoms with Crippen LogP contribution in [0.2, 0.25) is 0 Å². The third kappa shape index (κ3) is 40.5. The molecule has 1 N–H and O–H groups in total. The molecule has 3 nitrogen and oxygen atoms in total. The molecule has 0 rings (SSSR count). The number of aliphatic hydroxyl groups is 1. The smallest absolute Gasteiger partial charge is 0.0575 e. The molecule has 0 radical (unpaired) electrons. The Balaban J connectivity index is 3.90. The molecule has 0 heterocycles. The minimum atomic E-state index is 0.344. The second-order valence-corrected chi connectivity index (χ2v) is 15.9. The Morgan fingerprint density at radius 3 is 0.980 bits per heavy atom. The SMILES string of the molecule is CCCCCCCCCCCCCCCCN(CCCCO)CCCCCCCCCOC(CCCCCCCC)CCCCCCCC. The van der Waals surface area contributed by atoms with E-state index in [9.17, 15) is 5.11 Å². The molecule has 3 heteroatoms. The Labute approximate surface area is 311 Å². The molecule has 0 unspecified atom stereocenters. The Morgan fingerprint density at radius 2 is 0.633 bits per heavy atom. The van der Waals surface area contributed by atoms with Gasteiger partial charge in [0.2, 0.25) is 0 Å². The van der Waals surface area contributed by atoms with Crippen molar-refractivity contribution >= 4 is 0 Å². The zero-order valence-corrected chi connectivity index (χ0v) is 34.6. The third-order valence-corrected chi connectivity index (χ3v) is 10.9. The standard InChI is InChI=1S/C46H95NO2/c1-4-7-10-13-16-17-18-19-20-21-22-24-29-34-41-47(43-36-37-44-48)42-35-30-25-23-26-31-38-45-49-46(39-32-27-14-11-8-5-2)40-33-28-15-12-9-6-3/h46,48H,4-45H2,1-3H3. The number of aliphatic hydroxyl groups excluding tert-OH is 1. The van der Waals surface area contributed by atoms with E-state index in [4.69, 9.17) is 4.74 Å². The molecular formula is C46H95NO2. The number of hydrogen-bond donors (Lipinski definition) is 1. The molecule has 0 fully saturated rings. The van der Waals surface area contributed by atoms with Gasteiger partial charge in [-0.05, 0) is 64.6 Å². The largest absolute Gasteiger partial charge is 0.396 e. The van der Waals surface area contributed by atoms with Gasteiger partial charge in [0.05, 0.1) is 6.10 Å². The van der Waals surface area contributed by atoms with Crippen LogP contribution >= 0.6 is 0 Å². The van der Waals surface area contributed by atoms with Crippen molar-refractivity contribution in [2.75, 3.05) is 32.8 Å². The van der Waals surface area contributed by atoms with E-state index in [1.54, 1.807) is 0 Å². The monoisotopic (exact) mass is 694 g/mol. The first-order valence-corrected chi connectivity index (χ1v) is 23.2. The molecule has 0 aromatic heterocycles. The van der Waals surface area contributed by atoms with Crippen molar-refractivity contribution in [3.8, 4) is 0 Å². The van der Waals surface area contributed by atoms with Crippen LogP contribution in [-0.4, -0.2) is 49.0 Å².